The Bertz CT molecular complexity index is 3390. The summed E-state index contributed by atoms with van der Waals surface area (Å²) in [6.45, 7) is 4.83. The molecule has 0 atom stereocenters. The van der Waals surface area contributed by atoms with Crippen LogP contribution in [0.3, 0.4) is 0 Å². The van der Waals surface area contributed by atoms with Crippen molar-refractivity contribution in [1.82, 2.24) is 0 Å². The summed E-state index contributed by atoms with van der Waals surface area (Å²) in [5.74, 6) is 0. The van der Waals surface area contributed by atoms with Crippen LogP contribution in [0.2, 0.25) is 0 Å². The van der Waals surface area contributed by atoms with Gasteiger partial charge in [0.25, 0.3) is 0 Å². The second-order valence-corrected chi connectivity index (χ2v) is 17.0. The van der Waals surface area contributed by atoms with Gasteiger partial charge in [-0.05, 0) is 111 Å². The van der Waals surface area contributed by atoms with Gasteiger partial charge in [-0.1, -0.05) is 178 Å². The predicted octanol–water partition coefficient (Wildman–Crippen LogP) is 16.0. The van der Waals surface area contributed by atoms with E-state index in [0.717, 1.165) is 0 Å². The van der Waals surface area contributed by atoms with Crippen molar-refractivity contribution in [2.45, 2.75) is 19.3 Å². The first kappa shape index (κ1) is 31.8. The van der Waals surface area contributed by atoms with E-state index in [9.17, 15) is 0 Å². The highest BCUT2D eigenvalue weighted by Crippen LogP contribution is 2.59. The first-order valence-corrected chi connectivity index (χ1v) is 20.4. The molecule has 11 aromatic rings. The Morgan fingerprint density at radius 1 is 0.321 bits per heavy atom. The number of hydrogen-bond acceptors (Lipinski definition) is 1. The van der Waals surface area contributed by atoms with Gasteiger partial charge in [0.05, 0.1) is 0 Å². The van der Waals surface area contributed by atoms with Crippen molar-refractivity contribution in [3.8, 4) is 44.5 Å². The normalized spacial score (nSPS) is 13.3. The molecule has 0 aliphatic heterocycles. The lowest BCUT2D eigenvalue weighted by Gasteiger charge is -2.23. The van der Waals surface area contributed by atoms with Crippen molar-refractivity contribution in [1.29, 1.82) is 0 Å². The lowest BCUT2D eigenvalue weighted by Crippen LogP contribution is -2.14. The van der Waals surface area contributed by atoms with E-state index < -0.39 is 0 Å². The zero-order chi connectivity index (χ0) is 37.1. The molecular weight excluding hydrogens is 693 g/mol. The van der Waals surface area contributed by atoms with Gasteiger partial charge in [-0.15, -0.1) is 11.3 Å². The quantitative estimate of drug-likeness (QED) is 0.159. The van der Waals surface area contributed by atoms with Crippen LogP contribution in [-0.4, -0.2) is 0 Å². The average molecular weight is 729 g/mol. The van der Waals surface area contributed by atoms with Gasteiger partial charge in [-0.3, -0.25) is 0 Å². The summed E-state index contributed by atoms with van der Waals surface area (Å²) in [7, 11) is 0. The topological polar surface area (TPSA) is 0 Å². The van der Waals surface area contributed by atoms with Crippen molar-refractivity contribution in [3.63, 3.8) is 0 Å². The zero-order valence-corrected chi connectivity index (χ0v) is 32.0. The molecule has 1 aromatic heterocycles. The standard InChI is InChI=1S/C55H36S/c1-55(2)47-25-12-11-24-45(47)51-48(55)32-46-44-29-28-34-15-5-6-19-39(34)53(44)56-54(46)52(51)50-42-22-9-7-20-40(42)49(41-21-8-10-23-43(41)50)38-18-13-17-36(31-38)37-27-26-33-14-3-4-16-35(33)30-37/h3-32H,1-2H3. The van der Waals surface area contributed by atoms with E-state index >= 15 is 0 Å². The van der Waals surface area contributed by atoms with Crippen LogP contribution in [0.15, 0.2) is 182 Å². The third-order valence-electron chi connectivity index (χ3n) is 12.6. The number of hydrogen-bond donors (Lipinski definition) is 0. The Balaban J connectivity index is 1.21. The van der Waals surface area contributed by atoms with Crippen LogP contribution in [0.5, 0.6) is 0 Å². The SMILES string of the molecule is CC1(C)c2ccccc2-c2c1cc1c(sc3c4ccccc4ccc13)c2-c1c2ccccc2c(-c2cccc(-c3ccc4ccccc4c3)c2)c2ccccc12. The molecule has 1 heteroatoms. The van der Waals surface area contributed by atoms with Crippen LogP contribution in [0.4, 0.5) is 0 Å². The van der Waals surface area contributed by atoms with E-state index in [4.69, 9.17) is 0 Å². The summed E-state index contributed by atoms with van der Waals surface area (Å²) in [6, 6.07) is 68.2. The van der Waals surface area contributed by atoms with E-state index in [0.29, 0.717) is 0 Å². The summed E-state index contributed by atoms with van der Waals surface area (Å²) >= 11 is 1.97. The monoisotopic (exact) mass is 728 g/mol. The summed E-state index contributed by atoms with van der Waals surface area (Å²) in [5, 5.41) is 13.0. The van der Waals surface area contributed by atoms with Crippen LogP contribution >= 0.6 is 11.3 Å². The molecule has 0 unspecified atom stereocenters. The molecular formula is C55H36S. The second kappa shape index (κ2) is 11.7. The minimum atomic E-state index is -0.144. The van der Waals surface area contributed by atoms with Crippen molar-refractivity contribution in [2.75, 3.05) is 0 Å². The van der Waals surface area contributed by atoms with Gasteiger partial charge in [-0.2, -0.15) is 0 Å². The van der Waals surface area contributed by atoms with Crippen LogP contribution < -0.4 is 0 Å². The lowest BCUT2D eigenvalue weighted by molar-refractivity contribution is 0.661. The molecule has 0 fully saturated rings. The molecule has 0 radical (unpaired) electrons. The van der Waals surface area contributed by atoms with Gasteiger partial charge in [0.15, 0.2) is 0 Å². The van der Waals surface area contributed by atoms with Crippen molar-refractivity contribution < 1.29 is 0 Å². The third kappa shape index (κ3) is 4.41. The Morgan fingerprint density at radius 2 is 0.911 bits per heavy atom. The molecule has 262 valence electrons. The zero-order valence-electron chi connectivity index (χ0n) is 31.2. The Hall–Kier alpha value is -6.54. The van der Waals surface area contributed by atoms with Crippen molar-refractivity contribution in [3.05, 3.63) is 193 Å². The van der Waals surface area contributed by atoms with Crippen molar-refractivity contribution in [2.24, 2.45) is 0 Å². The first-order valence-electron chi connectivity index (χ1n) is 19.6. The summed E-state index contributed by atoms with van der Waals surface area (Å²) in [4.78, 5) is 0. The van der Waals surface area contributed by atoms with Gasteiger partial charge in [-0.25, -0.2) is 0 Å². The maximum atomic E-state index is 2.54. The highest BCUT2D eigenvalue weighted by Gasteiger charge is 2.39. The summed E-state index contributed by atoms with van der Waals surface area (Å²) in [5.41, 5.74) is 13.1. The molecule has 0 nitrogen and oxygen atoms in total. The van der Waals surface area contributed by atoms with E-state index in [1.165, 1.54) is 119 Å². The van der Waals surface area contributed by atoms with E-state index in [-0.39, 0.29) is 5.41 Å². The first-order chi connectivity index (χ1) is 27.5. The van der Waals surface area contributed by atoms with Gasteiger partial charge in [0.2, 0.25) is 0 Å². The van der Waals surface area contributed by atoms with Crippen LogP contribution in [-0.2, 0) is 5.41 Å². The molecule has 0 saturated heterocycles. The Morgan fingerprint density at radius 3 is 1.68 bits per heavy atom. The molecule has 0 spiro atoms. The number of thiophene rings is 1. The third-order valence-corrected chi connectivity index (χ3v) is 13.9. The van der Waals surface area contributed by atoms with Crippen LogP contribution in [0.25, 0.3) is 108 Å². The van der Waals surface area contributed by atoms with Crippen molar-refractivity contribution >= 4 is 74.6 Å². The number of fused-ring (bicyclic) bond motifs is 11. The molecule has 0 saturated carbocycles. The summed E-state index contributed by atoms with van der Waals surface area (Å²) < 4.78 is 2.73. The fraction of sp³-hybridized carbons (Fsp3) is 0.0545. The molecule has 1 aliphatic carbocycles. The van der Waals surface area contributed by atoms with Crippen LogP contribution in [0.1, 0.15) is 25.0 Å². The molecule has 0 amide bonds. The molecule has 12 rings (SSSR count). The van der Waals surface area contributed by atoms with E-state index in [2.05, 4.69) is 196 Å². The Labute approximate surface area is 329 Å². The van der Waals surface area contributed by atoms with E-state index in [1.807, 2.05) is 11.3 Å². The highest BCUT2D eigenvalue weighted by molar-refractivity contribution is 7.27. The maximum Gasteiger partial charge on any atom is 0.0440 e. The molecule has 0 N–H and O–H groups in total. The second-order valence-electron chi connectivity index (χ2n) is 16.0. The van der Waals surface area contributed by atoms with Gasteiger partial charge in [0, 0.05) is 31.2 Å². The Kier molecular flexibility index (Phi) is 6.66. The highest BCUT2D eigenvalue weighted by atomic mass is 32.1. The molecule has 1 aliphatic rings. The molecule has 56 heavy (non-hydrogen) atoms. The fourth-order valence-corrected chi connectivity index (χ4v) is 11.3. The minimum absolute atomic E-state index is 0.144. The average Bonchev–Trinajstić information content (AvgIpc) is 3.74. The minimum Gasteiger partial charge on any atom is -0.134 e. The fourth-order valence-electron chi connectivity index (χ4n) is 9.97. The molecule has 0 bridgehead atoms. The maximum absolute atomic E-state index is 2.54. The smallest absolute Gasteiger partial charge is 0.0440 e. The largest absolute Gasteiger partial charge is 0.134 e. The predicted molar refractivity (Wildman–Crippen MR) is 243 cm³/mol. The van der Waals surface area contributed by atoms with Gasteiger partial charge < -0.3 is 0 Å². The van der Waals surface area contributed by atoms with Crippen LogP contribution in [0, 0.1) is 0 Å². The van der Waals surface area contributed by atoms with Gasteiger partial charge >= 0.3 is 0 Å². The molecule has 10 aromatic carbocycles. The number of benzene rings is 10. The van der Waals surface area contributed by atoms with Gasteiger partial charge in [0.1, 0.15) is 0 Å². The lowest BCUT2D eigenvalue weighted by atomic mass is 9.79. The van der Waals surface area contributed by atoms with E-state index in [1.54, 1.807) is 0 Å². The number of rotatable bonds is 3. The molecule has 1 heterocycles. The summed E-state index contributed by atoms with van der Waals surface area (Å²) in [6.07, 6.45) is 0.